The number of hydrogen-bond donors (Lipinski definition) is 1. The van der Waals surface area contributed by atoms with E-state index in [0.717, 1.165) is 6.42 Å². The van der Waals surface area contributed by atoms with Crippen LogP contribution in [0.4, 0.5) is 0 Å². The highest BCUT2D eigenvalue weighted by molar-refractivity contribution is 6.42. The van der Waals surface area contributed by atoms with Crippen molar-refractivity contribution in [2.24, 2.45) is 11.8 Å². The Balaban J connectivity index is 2.08. The Bertz CT molecular complexity index is 417. The van der Waals surface area contributed by atoms with Crippen molar-refractivity contribution < 1.29 is 9.90 Å². The lowest BCUT2D eigenvalue weighted by Gasteiger charge is -2.02. The predicted molar refractivity (Wildman–Crippen MR) is 64.1 cm³/mol. The normalized spacial score (nSPS) is 23.2. The molecule has 1 aliphatic rings. The molecular formula is C12H12Cl2O2. The van der Waals surface area contributed by atoms with Gasteiger partial charge in [0.2, 0.25) is 0 Å². The van der Waals surface area contributed by atoms with E-state index in [1.54, 1.807) is 18.2 Å². The summed E-state index contributed by atoms with van der Waals surface area (Å²) in [6.07, 6.45) is 1.58. The quantitative estimate of drug-likeness (QED) is 0.843. The summed E-state index contributed by atoms with van der Waals surface area (Å²) in [6.45, 7) is 0.149. The molecule has 0 unspecified atom stereocenters. The van der Waals surface area contributed by atoms with Crippen LogP contribution in [0, 0.1) is 11.8 Å². The Labute approximate surface area is 104 Å². The van der Waals surface area contributed by atoms with Gasteiger partial charge in [-0.1, -0.05) is 23.2 Å². The molecule has 86 valence electrons. The molecule has 0 saturated heterocycles. The van der Waals surface area contributed by atoms with Gasteiger partial charge in [0.1, 0.15) is 0 Å². The van der Waals surface area contributed by atoms with Gasteiger partial charge >= 0.3 is 0 Å². The van der Waals surface area contributed by atoms with Gasteiger partial charge in [-0.15, -0.1) is 0 Å². The second-order valence-corrected chi connectivity index (χ2v) is 4.92. The van der Waals surface area contributed by atoms with Crippen molar-refractivity contribution in [3.05, 3.63) is 33.8 Å². The second-order valence-electron chi connectivity index (χ2n) is 4.11. The number of benzene rings is 1. The van der Waals surface area contributed by atoms with Crippen molar-refractivity contribution in [2.45, 2.75) is 12.8 Å². The molecule has 1 saturated carbocycles. The molecule has 0 aromatic heterocycles. The first-order valence-corrected chi connectivity index (χ1v) is 5.99. The lowest BCUT2D eigenvalue weighted by atomic mass is 10.1. The highest BCUT2D eigenvalue weighted by Gasteiger charge is 2.42. The van der Waals surface area contributed by atoms with Crippen molar-refractivity contribution in [1.82, 2.24) is 0 Å². The molecule has 0 spiro atoms. The Morgan fingerprint density at radius 1 is 1.38 bits per heavy atom. The van der Waals surface area contributed by atoms with E-state index in [9.17, 15) is 4.79 Å². The molecule has 0 aliphatic heterocycles. The molecule has 0 radical (unpaired) electrons. The molecule has 1 aromatic rings. The molecule has 4 heteroatoms. The van der Waals surface area contributed by atoms with Crippen molar-refractivity contribution in [3.63, 3.8) is 0 Å². The maximum atomic E-state index is 12.0. The first-order chi connectivity index (χ1) is 7.63. The number of aliphatic hydroxyl groups is 1. The first-order valence-electron chi connectivity index (χ1n) is 5.23. The fraction of sp³-hybridized carbons (Fsp3) is 0.417. The van der Waals surface area contributed by atoms with Crippen LogP contribution < -0.4 is 0 Å². The zero-order valence-electron chi connectivity index (χ0n) is 8.62. The van der Waals surface area contributed by atoms with Crippen molar-refractivity contribution in [3.8, 4) is 0 Å². The molecule has 0 bridgehead atoms. The van der Waals surface area contributed by atoms with Crippen LogP contribution in [-0.4, -0.2) is 17.5 Å². The average molecular weight is 259 g/mol. The topological polar surface area (TPSA) is 37.3 Å². The number of rotatable bonds is 4. The van der Waals surface area contributed by atoms with Gasteiger partial charge in [0.25, 0.3) is 0 Å². The smallest absolute Gasteiger partial charge is 0.166 e. The van der Waals surface area contributed by atoms with E-state index in [1.807, 2.05) is 0 Å². The average Bonchev–Trinajstić information content (AvgIpc) is 3.01. The number of Topliss-reactive ketones (excluding diaryl/α,β-unsaturated/α-hetero) is 1. The molecule has 1 N–H and O–H groups in total. The maximum absolute atomic E-state index is 12.0. The summed E-state index contributed by atoms with van der Waals surface area (Å²) in [6, 6.07) is 4.95. The molecule has 0 heterocycles. The number of hydrogen-bond acceptors (Lipinski definition) is 2. The standard InChI is InChI=1S/C12H12Cl2O2/c13-10-2-1-8(6-11(10)14)12(16)9-5-7(9)3-4-15/h1-2,6-7,9,15H,3-5H2/t7-,9+/m1/s1. The van der Waals surface area contributed by atoms with Crippen LogP contribution in [0.5, 0.6) is 0 Å². The Hall–Kier alpha value is -0.570. The van der Waals surface area contributed by atoms with Gasteiger partial charge in [-0.25, -0.2) is 0 Å². The zero-order chi connectivity index (χ0) is 11.7. The SMILES string of the molecule is O=C(c1ccc(Cl)c(Cl)c1)[C@H]1C[C@H]1CCO. The number of halogens is 2. The van der Waals surface area contributed by atoms with Crippen molar-refractivity contribution in [1.29, 1.82) is 0 Å². The minimum absolute atomic E-state index is 0.0596. The van der Waals surface area contributed by atoms with Gasteiger partial charge in [0.15, 0.2) is 5.78 Å². The molecular weight excluding hydrogens is 247 g/mol. The minimum Gasteiger partial charge on any atom is -0.396 e. The van der Waals surface area contributed by atoms with Gasteiger partial charge in [0, 0.05) is 18.1 Å². The molecule has 1 aromatic carbocycles. The molecule has 2 nitrogen and oxygen atoms in total. The van der Waals surface area contributed by atoms with E-state index < -0.39 is 0 Å². The lowest BCUT2D eigenvalue weighted by molar-refractivity contribution is 0.0959. The largest absolute Gasteiger partial charge is 0.396 e. The zero-order valence-corrected chi connectivity index (χ0v) is 10.1. The molecule has 16 heavy (non-hydrogen) atoms. The van der Waals surface area contributed by atoms with E-state index in [1.165, 1.54) is 0 Å². The van der Waals surface area contributed by atoms with E-state index in [2.05, 4.69) is 0 Å². The predicted octanol–water partition coefficient (Wildman–Crippen LogP) is 3.19. The summed E-state index contributed by atoms with van der Waals surface area (Å²) in [5, 5.41) is 9.65. The maximum Gasteiger partial charge on any atom is 0.166 e. The van der Waals surface area contributed by atoms with E-state index >= 15 is 0 Å². The number of carbonyl (C=O) groups excluding carboxylic acids is 1. The highest BCUT2D eigenvalue weighted by Crippen LogP contribution is 2.43. The summed E-state index contributed by atoms with van der Waals surface area (Å²) in [4.78, 5) is 12.0. The number of ketones is 1. The summed E-state index contributed by atoms with van der Waals surface area (Å²) in [5.74, 6) is 0.508. The van der Waals surface area contributed by atoms with Gasteiger partial charge in [0.05, 0.1) is 10.0 Å². The fourth-order valence-electron chi connectivity index (χ4n) is 1.92. The van der Waals surface area contributed by atoms with Crippen LogP contribution in [0.2, 0.25) is 10.0 Å². The third-order valence-corrected chi connectivity index (χ3v) is 3.70. The van der Waals surface area contributed by atoms with Crippen LogP contribution in [0.25, 0.3) is 0 Å². The second kappa shape index (κ2) is 4.74. The van der Waals surface area contributed by atoms with Crippen molar-refractivity contribution in [2.75, 3.05) is 6.61 Å². The number of carbonyl (C=O) groups is 1. The monoisotopic (exact) mass is 258 g/mol. The Morgan fingerprint density at radius 2 is 2.12 bits per heavy atom. The fourth-order valence-corrected chi connectivity index (χ4v) is 2.22. The first kappa shape index (κ1) is 11.9. The summed E-state index contributed by atoms with van der Waals surface area (Å²) < 4.78 is 0. The van der Waals surface area contributed by atoms with Crippen molar-refractivity contribution >= 4 is 29.0 Å². The summed E-state index contributed by atoms with van der Waals surface area (Å²) in [5.41, 5.74) is 0.611. The van der Waals surface area contributed by atoms with Crippen LogP contribution in [0.1, 0.15) is 23.2 Å². The molecule has 1 fully saturated rings. The minimum atomic E-state index is 0.0596. The van der Waals surface area contributed by atoms with Gasteiger partial charge in [-0.3, -0.25) is 4.79 Å². The van der Waals surface area contributed by atoms with E-state index in [-0.39, 0.29) is 18.3 Å². The third kappa shape index (κ3) is 2.40. The Kier molecular flexibility index (Phi) is 3.53. The van der Waals surface area contributed by atoms with Crippen LogP contribution in [-0.2, 0) is 0 Å². The van der Waals surface area contributed by atoms with Crippen LogP contribution >= 0.6 is 23.2 Å². The summed E-state index contributed by atoms with van der Waals surface area (Å²) >= 11 is 11.6. The van der Waals surface area contributed by atoms with Gasteiger partial charge in [-0.05, 0) is 37.0 Å². The van der Waals surface area contributed by atoms with Gasteiger partial charge in [-0.2, -0.15) is 0 Å². The van der Waals surface area contributed by atoms with E-state index in [4.69, 9.17) is 28.3 Å². The Morgan fingerprint density at radius 3 is 2.75 bits per heavy atom. The molecule has 2 rings (SSSR count). The molecule has 2 atom stereocenters. The van der Waals surface area contributed by atoms with Crippen LogP contribution in [0.3, 0.4) is 0 Å². The summed E-state index contributed by atoms with van der Waals surface area (Å²) in [7, 11) is 0. The lowest BCUT2D eigenvalue weighted by Crippen LogP contribution is -2.04. The van der Waals surface area contributed by atoms with Crippen LogP contribution in [0.15, 0.2) is 18.2 Å². The van der Waals surface area contributed by atoms with Gasteiger partial charge < -0.3 is 5.11 Å². The number of aliphatic hydroxyl groups excluding tert-OH is 1. The molecule has 1 aliphatic carbocycles. The third-order valence-electron chi connectivity index (χ3n) is 2.96. The molecule has 0 amide bonds. The highest BCUT2D eigenvalue weighted by atomic mass is 35.5. The van der Waals surface area contributed by atoms with E-state index in [0.29, 0.717) is 27.9 Å².